The molecule has 0 spiro atoms. The van der Waals surface area contributed by atoms with E-state index in [-0.39, 0.29) is 0 Å². The molecule has 0 amide bonds. The van der Waals surface area contributed by atoms with Crippen molar-refractivity contribution in [2.45, 2.75) is 12.8 Å². The quantitative estimate of drug-likeness (QED) is 0.885. The van der Waals surface area contributed by atoms with Crippen molar-refractivity contribution < 1.29 is 4.74 Å². The number of nitrogens with one attached hydrogen (secondary N) is 1. The first-order chi connectivity index (χ1) is 8.29. The van der Waals surface area contributed by atoms with Crippen molar-refractivity contribution in [1.82, 2.24) is 9.97 Å². The number of anilines is 1. The van der Waals surface area contributed by atoms with Gasteiger partial charge in [0, 0.05) is 24.0 Å². The zero-order valence-electron chi connectivity index (χ0n) is 9.88. The van der Waals surface area contributed by atoms with Gasteiger partial charge < -0.3 is 10.1 Å². The Morgan fingerprint density at radius 2 is 2.29 bits per heavy atom. The van der Waals surface area contributed by atoms with Crippen LogP contribution >= 0.6 is 11.3 Å². The van der Waals surface area contributed by atoms with Crippen LogP contribution < -0.4 is 10.1 Å². The van der Waals surface area contributed by atoms with Gasteiger partial charge in [0.15, 0.2) is 0 Å². The average molecular weight is 249 g/mol. The number of hydrogen-bond acceptors (Lipinski definition) is 5. The number of ether oxygens (including phenoxy) is 1. The number of rotatable bonds is 5. The topological polar surface area (TPSA) is 47.0 Å². The number of methoxy groups -OCH3 is 1. The molecule has 2 heterocycles. The van der Waals surface area contributed by atoms with Gasteiger partial charge in [0.05, 0.1) is 18.3 Å². The van der Waals surface area contributed by atoms with Crippen molar-refractivity contribution in [2.24, 2.45) is 0 Å². The van der Waals surface area contributed by atoms with Gasteiger partial charge >= 0.3 is 0 Å². The summed E-state index contributed by atoms with van der Waals surface area (Å²) in [5.74, 6) is 2.01. The van der Waals surface area contributed by atoms with Gasteiger partial charge in [-0.2, -0.15) is 0 Å². The van der Waals surface area contributed by atoms with E-state index in [2.05, 4.69) is 22.2 Å². The fourth-order valence-corrected chi connectivity index (χ4v) is 2.13. The molecule has 0 aliphatic carbocycles. The van der Waals surface area contributed by atoms with Crippen molar-refractivity contribution in [3.63, 3.8) is 0 Å². The van der Waals surface area contributed by atoms with Crippen molar-refractivity contribution in [3.8, 4) is 5.75 Å². The maximum absolute atomic E-state index is 5.06. The van der Waals surface area contributed by atoms with Crippen LogP contribution in [0.3, 0.4) is 0 Å². The van der Waals surface area contributed by atoms with E-state index < -0.39 is 0 Å². The van der Waals surface area contributed by atoms with Crippen LogP contribution in [0.5, 0.6) is 5.75 Å². The Kier molecular flexibility index (Phi) is 3.93. The lowest BCUT2D eigenvalue weighted by molar-refractivity contribution is 0.413. The molecule has 0 aliphatic heterocycles. The summed E-state index contributed by atoms with van der Waals surface area (Å²) in [5.41, 5.74) is 0. The molecule has 0 radical (unpaired) electrons. The molecule has 0 aromatic carbocycles. The summed E-state index contributed by atoms with van der Waals surface area (Å²) in [6.07, 6.45) is 3.54. The normalized spacial score (nSPS) is 12.1. The van der Waals surface area contributed by atoms with Crippen LogP contribution in [0.25, 0.3) is 0 Å². The minimum Gasteiger partial charge on any atom is -0.495 e. The summed E-state index contributed by atoms with van der Waals surface area (Å²) in [6.45, 7) is 2.97. The van der Waals surface area contributed by atoms with Crippen molar-refractivity contribution >= 4 is 17.2 Å². The first-order valence-corrected chi connectivity index (χ1v) is 6.31. The third-order valence-corrected chi connectivity index (χ3v) is 3.44. The summed E-state index contributed by atoms with van der Waals surface area (Å²) in [7, 11) is 1.63. The van der Waals surface area contributed by atoms with Crippen LogP contribution in [0.4, 0.5) is 5.82 Å². The lowest BCUT2D eigenvalue weighted by Crippen LogP contribution is -2.10. The van der Waals surface area contributed by atoms with Crippen LogP contribution in [-0.2, 0) is 0 Å². The smallest absolute Gasteiger partial charge is 0.137 e. The minimum absolute atomic E-state index is 0.388. The zero-order chi connectivity index (χ0) is 12.1. The predicted molar refractivity (Wildman–Crippen MR) is 69.8 cm³/mol. The fraction of sp³-hybridized carbons (Fsp3) is 0.333. The van der Waals surface area contributed by atoms with Crippen LogP contribution in [-0.4, -0.2) is 23.6 Å². The molecule has 4 nitrogen and oxygen atoms in total. The van der Waals surface area contributed by atoms with E-state index in [0.29, 0.717) is 5.92 Å². The van der Waals surface area contributed by atoms with Gasteiger partial charge in [-0.05, 0) is 12.1 Å². The minimum atomic E-state index is 0.388. The van der Waals surface area contributed by atoms with Gasteiger partial charge in [-0.1, -0.05) is 6.92 Å². The Hall–Kier alpha value is -1.62. The second-order valence-electron chi connectivity index (χ2n) is 3.74. The molecule has 1 unspecified atom stereocenters. The molecule has 2 aromatic heterocycles. The van der Waals surface area contributed by atoms with Gasteiger partial charge in [0.1, 0.15) is 11.6 Å². The van der Waals surface area contributed by atoms with E-state index in [1.807, 2.05) is 23.7 Å². The zero-order valence-corrected chi connectivity index (χ0v) is 10.7. The number of nitrogens with zero attached hydrogens (tertiary/aromatic N) is 2. The third-order valence-electron chi connectivity index (χ3n) is 2.43. The standard InChI is InChI=1S/C12H15N3OS/c1-9(12-13-5-6-17-12)7-14-11-4-3-10(16-2)8-15-11/h3-6,8-9H,7H2,1-2H3,(H,14,15). The average Bonchev–Trinajstić information content (AvgIpc) is 2.90. The van der Waals surface area contributed by atoms with E-state index in [1.165, 1.54) is 0 Å². The van der Waals surface area contributed by atoms with E-state index in [4.69, 9.17) is 4.74 Å². The molecular weight excluding hydrogens is 234 g/mol. The summed E-state index contributed by atoms with van der Waals surface area (Å²) < 4.78 is 5.06. The molecule has 17 heavy (non-hydrogen) atoms. The molecule has 1 N–H and O–H groups in total. The number of pyridine rings is 1. The summed E-state index contributed by atoms with van der Waals surface area (Å²) >= 11 is 1.68. The van der Waals surface area contributed by atoms with Crippen LogP contribution in [0, 0.1) is 0 Å². The first-order valence-electron chi connectivity index (χ1n) is 5.43. The maximum Gasteiger partial charge on any atom is 0.137 e. The SMILES string of the molecule is COc1ccc(NCC(C)c2nccs2)nc1. The van der Waals surface area contributed by atoms with Crippen LogP contribution in [0.15, 0.2) is 29.9 Å². The highest BCUT2D eigenvalue weighted by Crippen LogP contribution is 2.18. The van der Waals surface area contributed by atoms with Crippen molar-refractivity contribution in [2.75, 3.05) is 19.0 Å². The molecule has 0 fully saturated rings. The van der Waals surface area contributed by atoms with E-state index in [9.17, 15) is 0 Å². The first kappa shape index (κ1) is 11.9. The van der Waals surface area contributed by atoms with Gasteiger partial charge in [-0.25, -0.2) is 9.97 Å². The van der Waals surface area contributed by atoms with Gasteiger partial charge in [-0.15, -0.1) is 11.3 Å². The molecule has 0 saturated carbocycles. The predicted octanol–water partition coefficient (Wildman–Crippen LogP) is 2.76. The van der Waals surface area contributed by atoms with Gasteiger partial charge in [0.2, 0.25) is 0 Å². The third kappa shape index (κ3) is 3.17. The lowest BCUT2D eigenvalue weighted by Gasteiger charge is -2.10. The molecule has 0 aliphatic rings. The summed E-state index contributed by atoms with van der Waals surface area (Å²) in [6, 6.07) is 3.80. The summed E-state index contributed by atoms with van der Waals surface area (Å²) in [5, 5.41) is 6.43. The molecule has 1 atom stereocenters. The molecule has 2 aromatic rings. The highest BCUT2D eigenvalue weighted by Gasteiger charge is 2.07. The lowest BCUT2D eigenvalue weighted by atomic mass is 10.2. The summed E-state index contributed by atoms with van der Waals surface area (Å²) in [4.78, 5) is 8.54. The van der Waals surface area contributed by atoms with Gasteiger partial charge in [0.25, 0.3) is 0 Å². The highest BCUT2D eigenvalue weighted by molar-refractivity contribution is 7.09. The van der Waals surface area contributed by atoms with E-state index in [0.717, 1.165) is 23.1 Å². The Labute approximate surface area is 105 Å². The molecular formula is C12H15N3OS. The van der Waals surface area contributed by atoms with Gasteiger partial charge in [-0.3, -0.25) is 0 Å². The Bertz CT molecular complexity index is 441. The Morgan fingerprint density at radius 1 is 1.41 bits per heavy atom. The fourth-order valence-electron chi connectivity index (χ4n) is 1.43. The van der Waals surface area contributed by atoms with E-state index >= 15 is 0 Å². The highest BCUT2D eigenvalue weighted by atomic mass is 32.1. The second kappa shape index (κ2) is 5.63. The molecule has 0 bridgehead atoms. The van der Waals surface area contributed by atoms with Crippen LogP contribution in [0.2, 0.25) is 0 Å². The monoisotopic (exact) mass is 249 g/mol. The van der Waals surface area contributed by atoms with Crippen molar-refractivity contribution in [3.05, 3.63) is 34.9 Å². The maximum atomic E-state index is 5.06. The molecule has 2 rings (SSSR count). The Balaban J connectivity index is 1.89. The molecule has 90 valence electrons. The second-order valence-corrected chi connectivity index (χ2v) is 4.66. The Morgan fingerprint density at radius 3 is 2.88 bits per heavy atom. The van der Waals surface area contributed by atoms with Crippen molar-refractivity contribution in [1.29, 1.82) is 0 Å². The molecule has 5 heteroatoms. The number of thiazole rings is 1. The number of hydrogen-bond donors (Lipinski definition) is 1. The van der Waals surface area contributed by atoms with E-state index in [1.54, 1.807) is 24.6 Å². The van der Waals surface area contributed by atoms with Crippen LogP contribution in [0.1, 0.15) is 17.8 Å². The largest absolute Gasteiger partial charge is 0.495 e. The molecule has 0 saturated heterocycles. The number of aromatic nitrogens is 2.